The Morgan fingerprint density at radius 3 is 2.86 bits per heavy atom. The number of H-pyrrole nitrogens is 1. The molecule has 2 aromatic heterocycles. The number of hydrogen-bond acceptors (Lipinski definition) is 5. The topological polar surface area (TPSA) is 75.2 Å². The molecule has 5 nitrogen and oxygen atoms in total. The first-order chi connectivity index (χ1) is 13.3. The molecule has 4 rings (SSSR count). The van der Waals surface area contributed by atoms with E-state index >= 15 is 0 Å². The number of fused-ring (bicyclic) bond motifs is 3. The van der Waals surface area contributed by atoms with E-state index < -0.39 is 0 Å². The number of hydrogen-bond donors (Lipinski definition) is 2. The van der Waals surface area contributed by atoms with Gasteiger partial charge >= 0.3 is 0 Å². The van der Waals surface area contributed by atoms with Gasteiger partial charge in [-0.2, -0.15) is 0 Å². The van der Waals surface area contributed by atoms with Crippen molar-refractivity contribution in [3.63, 3.8) is 0 Å². The van der Waals surface area contributed by atoms with Crippen LogP contribution in [0.2, 0.25) is 0 Å². The number of phenols is 1. The maximum Gasteiger partial charge on any atom is 0.260 e. The van der Waals surface area contributed by atoms with E-state index in [4.69, 9.17) is 9.72 Å². The number of nitrogens with zero attached hydrogens (tertiary/aromatic N) is 1. The molecule has 0 aliphatic heterocycles. The molecule has 0 bridgehead atoms. The summed E-state index contributed by atoms with van der Waals surface area (Å²) in [5.74, 6) is 1.59. The van der Waals surface area contributed by atoms with Crippen molar-refractivity contribution < 1.29 is 9.84 Å². The van der Waals surface area contributed by atoms with Crippen LogP contribution in [0.25, 0.3) is 21.6 Å². The maximum atomic E-state index is 12.9. The molecular formula is C22H26N2O3S. The number of aromatic hydroxyl groups is 1. The number of thiophene rings is 1. The first-order valence-electron chi connectivity index (χ1n) is 9.78. The molecule has 28 heavy (non-hydrogen) atoms. The minimum Gasteiger partial charge on any atom is -0.504 e. The molecule has 1 aliphatic rings. The molecule has 0 saturated carbocycles. The molecule has 1 aromatic carbocycles. The van der Waals surface area contributed by atoms with E-state index in [9.17, 15) is 9.90 Å². The summed E-state index contributed by atoms with van der Waals surface area (Å²) in [6.45, 7) is 9.19. The fourth-order valence-electron chi connectivity index (χ4n) is 3.99. The van der Waals surface area contributed by atoms with E-state index in [0.29, 0.717) is 24.1 Å². The molecule has 148 valence electrons. The van der Waals surface area contributed by atoms with Crippen LogP contribution >= 0.6 is 11.3 Å². The third kappa shape index (κ3) is 3.30. The summed E-state index contributed by atoms with van der Waals surface area (Å²) in [5.41, 5.74) is 2.08. The second kappa shape index (κ2) is 6.92. The molecule has 1 atom stereocenters. The number of rotatable bonds is 3. The van der Waals surface area contributed by atoms with Crippen molar-refractivity contribution >= 4 is 21.6 Å². The average molecular weight is 399 g/mol. The van der Waals surface area contributed by atoms with Gasteiger partial charge in [0.15, 0.2) is 11.5 Å². The van der Waals surface area contributed by atoms with Crippen molar-refractivity contribution in [2.45, 2.75) is 47.0 Å². The summed E-state index contributed by atoms with van der Waals surface area (Å²) in [5, 5.41) is 10.7. The molecule has 1 aliphatic carbocycles. The quantitative estimate of drug-likeness (QED) is 0.657. The first kappa shape index (κ1) is 19.0. The van der Waals surface area contributed by atoms with Crippen LogP contribution in [0.3, 0.4) is 0 Å². The van der Waals surface area contributed by atoms with Gasteiger partial charge in [-0.25, -0.2) is 4.98 Å². The van der Waals surface area contributed by atoms with Gasteiger partial charge in [0.1, 0.15) is 10.7 Å². The predicted octanol–water partition coefficient (Wildman–Crippen LogP) is 4.91. The van der Waals surface area contributed by atoms with Gasteiger partial charge in [-0.1, -0.05) is 20.8 Å². The lowest BCUT2D eigenvalue weighted by Crippen LogP contribution is -2.26. The van der Waals surface area contributed by atoms with Crippen molar-refractivity contribution in [2.75, 3.05) is 6.61 Å². The number of aromatic nitrogens is 2. The number of benzene rings is 1. The summed E-state index contributed by atoms with van der Waals surface area (Å²) >= 11 is 1.65. The van der Waals surface area contributed by atoms with Crippen LogP contribution in [0.5, 0.6) is 11.5 Å². The highest BCUT2D eigenvalue weighted by atomic mass is 32.1. The van der Waals surface area contributed by atoms with Crippen molar-refractivity contribution in [3.05, 3.63) is 39.0 Å². The fourth-order valence-corrected chi connectivity index (χ4v) is 5.29. The fraction of sp³-hybridized carbons (Fsp3) is 0.455. The molecule has 6 heteroatoms. The zero-order valence-electron chi connectivity index (χ0n) is 16.8. The van der Waals surface area contributed by atoms with Gasteiger partial charge < -0.3 is 14.8 Å². The molecule has 0 spiro atoms. The summed E-state index contributed by atoms with van der Waals surface area (Å²) < 4.78 is 5.46. The lowest BCUT2D eigenvalue weighted by molar-refractivity contribution is 0.218. The van der Waals surface area contributed by atoms with Crippen molar-refractivity contribution in [1.82, 2.24) is 9.97 Å². The normalized spacial score (nSPS) is 16.9. The van der Waals surface area contributed by atoms with Crippen LogP contribution in [0.15, 0.2) is 23.0 Å². The number of nitrogens with one attached hydrogen (secondary N) is 1. The van der Waals surface area contributed by atoms with E-state index in [1.165, 1.54) is 10.4 Å². The van der Waals surface area contributed by atoms with Crippen molar-refractivity contribution in [3.8, 4) is 22.9 Å². The molecule has 3 aromatic rings. The molecular weight excluding hydrogens is 372 g/mol. The maximum absolute atomic E-state index is 12.9. The summed E-state index contributed by atoms with van der Waals surface area (Å²) in [7, 11) is 0. The van der Waals surface area contributed by atoms with Gasteiger partial charge in [0.2, 0.25) is 0 Å². The van der Waals surface area contributed by atoms with E-state index in [1.807, 2.05) is 6.92 Å². The zero-order valence-corrected chi connectivity index (χ0v) is 17.6. The Balaban J connectivity index is 1.78. The highest BCUT2D eigenvalue weighted by Gasteiger charge is 2.31. The molecule has 0 radical (unpaired) electrons. The second-order valence-electron chi connectivity index (χ2n) is 8.52. The summed E-state index contributed by atoms with van der Waals surface area (Å²) in [6, 6.07) is 5.02. The summed E-state index contributed by atoms with van der Waals surface area (Å²) in [4.78, 5) is 22.7. The highest BCUT2D eigenvalue weighted by Crippen LogP contribution is 2.42. The largest absolute Gasteiger partial charge is 0.504 e. The third-order valence-corrected chi connectivity index (χ3v) is 6.83. The van der Waals surface area contributed by atoms with Gasteiger partial charge in [0.25, 0.3) is 5.56 Å². The molecule has 0 amide bonds. The van der Waals surface area contributed by atoms with E-state index in [0.717, 1.165) is 35.0 Å². The summed E-state index contributed by atoms with van der Waals surface area (Å²) in [6.07, 6.45) is 3.07. The third-order valence-electron chi connectivity index (χ3n) is 5.68. The number of aromatic amines is 1. The molecule has 2 heterocycles. The highest BCUT2D eigenvalue weighted by molar-refractivity contribution is 7.18. The Morgan fingerprint density at radius 2 is 2.14 bits per heavy atom. The van der Waals surface area contributed by atoms with Crippen LogP contribution in [0, 0.1) is 11.3 Å². The van der Waals surface area contributed by atoms with E-state index in [1.54, 1.807) is 29.5 Å². The number of ether oxygens (including phenoxy) is 1. The smallest absolute Gasteiger partial charge is 0.260 e. The van der Waals surface area contributed by atoms with Crippen LogP contribution in [-0.4, -0.2) is 21.7 Å². The van der Waals surface area contributed by atoms with Crippen LogP contribution in [-0.2, 0) is 12.8 Å². The lowest BCUT2D eigenvalue weighted by Gasteiger charge is -2.33. The molecule has 0 fully saturated rings. The first-order valence-corrected chi connectivity index (χ1v) is 10.6. The Morgan fingerprint density at radius 1 is 1.36 bits per heavy atom. The molecule has 1 unspecified atom stereocenters. The van der Waals surface area contributed by atoms with Crippen LogP contribution in [0.4, 0.5) is 0 Å². The Bertz CT molecular complexity index is 1090. The SMILES string of the molecule is CCOc1cc(-c2nc3sc4c(c3c(=O)[nH]2)CCC(C(C)(C)C)C4)ccc1O. The Labute approximate surface area is 168 Å². The number of aryl methyl sites for hydroxylation is 1. The van der Waals surface area contributed by atoms with E-state index in [-0.39, 0.29) is 16.7 Å². The minimum absolute atomic E-state index is 0.0776. The van der Waals surface area contributed by atoms with Gasteiger partial charge in [-0.3, -0.25) is 4.79 Å². The van der Waals surface area contributed by atoms with Crippen molar-refractivity contribution in [1.29, 1.82) is 0 Å². The van der Waals surface area contributed by atoms with Gasteiger partial charge in [-0.15, -0.1) is 11.3 Å². The average Bonchev–Trinajstić information content (AvgIpc) is 3.01. The van der Waals surface area contributed by atoms with Gasteiger partial charge in [-0.05, 0) is 61.3 Å². The second-order valence-corrected chi connectivity index (χ2v) is 9.60. The Kier molecular flexibility index (Phi) is 4.70. The predicted molar refractivity (Wildman–Crippen MR) is 113 cm³/mol. The van der Waals surface area contributed by atoms with Crippen molar-refractivity contribution in [2.24, 2.45) is 11.3 Å². The van der Waals surface area contributed by atoms with Gasteiger partial charge in [0.05, 0.1) is 12.0 Å². The zero-order chi connectivity index (χ0) is 20.1. The lowest BCUT2D eigenvalue weighted by atomic mass is 9.72. The van der Waals surface area contributed by atoms with Crippen LogP contribution < -0.4 is 10.3 Å². The molecule has 2 N–H and O–H groups in total. The van der Waals surface area contributed by atoms with Crippen LogP contribution in [0.1, 0.15) is 44.6 Å². The van der Waals surface area contributed by atoms with Gasteiger partial charge in [0, 0.05) is 10.4 Å². The van der Waals surface area contributed by atoms with E-state index in [2.05, 4.69) is 25.8 Å². The standard InChI is InChI=1S/C22H26N2O3S/c1-5-27-16-10-12(6-9-15(16)25)19-23-20(26)18-14-8-7-13(22(2,3)4)11-17(14)28-21(18)24-19/h6,9-10,13,25H,5,7-8,11H2,1-4H3,(H,23,24,26). The Hall–Kier alpha value is -2.34. The minimum atomic E-state index is -0.0854. The monoisotopic (exact) mass is 398 g/mol. The number of phenolic OH excluding ortho intramolecular Hbond substituents is 1. The molecule has 0 saturated heterocycles.